The van der Waals surface area contributed by atoms with Crippen molar-refractivity contribution >= 4 is 61.2 Å². The molecule has 0 spiro atoms. The molecule has 3 aliphatic rings. The van der Waals surface area contributed by atoms with E-state index in [2.05, 4.69) is 185 Å². The number of rotatable bonds is 6. The quantitative estimate of drug-likeness (QED) is 0.167. The molecule has 8 aromatic carbocycles. The highest BCUT2D eigenvalue weighted by molar-refractivity contribution is 6.12. The van der Waals surface area contributed by atoms with Gasteiger partial charge in [-0.25, -0.2) is 15.0 Å². The van der Waals surface area contributed by atoms with Crippen LogP contribution >= 0.6 is 0 Å². The molecule has 6 heteroatoms. The number of hydrogen-bond donors (Lipinski definition) is 0. The van der Waals surface area contributed by atoms with E-state index < -0.39 is 0 Å². The average Bonchev–Trinajstić information content (AvgIpc) is 4.07. The fourth-order valence-electron chi connectivity index (χ4n) is 11.1. The summed E-state index contributed by atoms with van der Waals surface area (Å²) in [6.45, 7) is 0. The molecule has 0 radical (unpaired) electrons. The number of hydrogen-bond acceptors (Lipinski definition) is 5. The fraction of sp³-hybridized carbons (Fsp3) is 0.0656. The summed E-state index contributed by atoms with van der Waals surface area (Å²) < 4.78 is 9.51. The maximum Gasteiger partial charge on any atom is 0.166 e. The van der Waals surface area contributed by atoms with Gasteiger partial charge in [0.1, 0.15) is 11.2 Å². The SMILES string of the molecule is C1=CCC(n2c3ccccc3c3ccc(-c4ccc(N5c6c(-c7nc(-c8ccccc8)nc(-c8ccccc8)n7)cc7c(oc8ccccc87)c6C6c7ccccc7C=CC65)cc4)cc32)C=C1. The van der Waals surface area contributed by atoms with E-state index in [0.29, 0.717) is 17.5 Å². The molecule has 3 aromatic heterocycles. The van der Waals surface area contributed by atoms with Gasteiger partial charge in [-0.05, 0) is 65.1 Å². The highest BCUT2D eigenvalue weighted by Crippen LogP contribution is 2.58. The molecular weight excluding hydrogens is 819 g/mol. The standard InChI is InChI=1S/C61H41N5O/c1-4-17-40(18-5-1)59-62-60(41-19-6-2-7-20-41)64-61(63-59)50-37-49-48-25-13-15-27-54(48)67-58(49)56-55-45-23-11-10-16-39(45)31-35-52(55)66(57(50)56)44-32-28-38(29-33-44)42-30-34-47-46-24-12-14-26-51(46)65(53(47)36-42)43-21-8-3-9-22-43/h1-21,23-37,43,52,55H,22H2. The van der Waals surface area contributed by atoms with Crippen LogP contribution in [0.25, 0.3) is 95.1 Å². The first-order valence-electron chi connectivity index (χ1n) is 23.1. The molecule has 67 heavy (non-hydrogen) atoms. The molecule has 0 fully saturated rings. The lowest BCUT2D eigenvalue weighted by atomic mass is 9.80. The van der Waals surface area contributed by atoms with Crippen molar-refractivity contribution in [3.63, 3.8) is 0 Å². The highest BCUT2D eigenvalue weighted by Gasteiger charge is 2.45. The van der Waals surface area contributed by atoms with Gasteiger partial charge in [0, 0.05) is 60.9 Å². The molecule has 0 saturated heterocycles. The van der Waals surface area contributed by atoms with Gasteiger partial charge in [0.25, 0.3) is 0 Å². The van der Waals surface area contributed by atoms with Crippen molar-refractivity contribution in [3.05, 3.63) is 229 Å². The van der Waals surface area contributed by atoms with Crippen molar-refractivity contribution in [3.8, 4) is 45.3 Å². The normalized spacial score (nSPS) is 17.1. The lowest BCUT2D eigenvalue weighted by Gasteiger charge is -2.32. The van der Waals surface area contributed by atoms with Crippen LogP contribution in [0.5, 0.6) is 0 Å². The van der Waals surface area contributed by atoms with Gasteiger partial charge in [-0.1, -0.05) is 182 Å². The minimum atomic E-state index is -0.0537. The van der Waals surface area contributed by atoms with E-state index >= 15 is 0 Å². The Hall–Kier alpha value is -8.61. The van der Waals surface area contributed by atoms with Crippen LogP contribution in [-0.2, 0) is 0 Å². The van der Waals surface area contributed by atoms with Crippen LogP contribution in [0.1, 0.15) is 35.1 Å². The summed E-state index contributed by atoms with van der Waals surface area (Å²) >= 11 is 0. The molecule has 6 nitrogen and oxygen atoms in total. The number of fused-ring (bicyclic) bond motifs is 12. The second-order valence-electron chi connectivity index (χ2n) is 17.8. The van der Waals surface area contributed by atoms with Crippen LogP contribution in [0.3, 0.4) is 0 Å². The monoisotopic (exact) mass is 859 g/mol. The molecule has 0 amide bonds. The Morgan fingerprint density at radius 2 is 1.18 bits per heavy atom. The third-order valence-corrected chi connectivity index (χ3v) is 14.1. The van der Waals surface area contributed by atoms with Crippen LogP contribution in [0.15, 0.2) is 217 Å². The van der Waals surface area contributed by atoms with Crippen LogP contribution in [0.4, 0.5) is 11.4 Å². The first kappa shape index (κ1) is 37.7. The van der Waals surface area contributed by atoms with Gasteiger partial charge >= 0.3 is 0 Å². The van der Waals surface area contributed by atoms with E-state index in [1.807, 2.05) is 42.5 Å². The van der Waals surface area contributed by atoms with Gasteiger partial charge in [0.15, 0.2) is 17.5 Å². The number of para-hydroxylation sites is 2. The number of furan rings is 1. The van der Waals surface area contributed by atoms with Gasteiger partial charge in [0.2, 0.25) is 0 Å². The summed E-state index contributed by atoms with van der Waals surface area (Å²) in [6, 6.07) is 65.0. The minimum Gasteiger partial charge on any atom is -0.456 e. The van der Waals surface area contributed by atoms with Crippen LogP contribution < -0.4 is 4.90 Å². The molecule has 316 valence electrons. The Balaban J connectivity index is 0.993. The zero-order valence-electron chi connectivity index (χ0n) is 36.4. The first-order valence-corrected chi connectivity index (χ1v) is 23.1. The van der Waals surface area contributed by atoms with Gasteiger partial charge in [0.05, 0.1) is 23.3 Å². The summed E-state index contributed by atoms with van der Waals surface area (Å²) in [6.07, 6.45) is 14.5. The molecular formula is C61H41N5O. The van der Waals surface area contributed by atoms with Gasteiger partial charge in [-0.3, -0.25) is 0 Å². The highest BCUT2D eigenvalue weighted by atomic mass is 16.3. The third-order valence-electron chi connectivity index (χ3n) is 14.1. The maximum atomic E-state index is 6.99. The Morgan fingerprint density at radius 3 is 1.96 bits per heavy atom. The average molecular weight is 860 g/mol. The minimum absolute atomic E-state index is 0.0316. The second kappa shape index (κ2) is 15.0. The van der Waals surface area contributed by atoms with Crippen molar-refractivity contribution in [2.75, 3.05) is 4.90 Å². The molecule has 4 heterocycles. The van der Waals surface area contributed by atoms with Gasteiger partial charge < -0.3 is 13.9 Å². The summed E-state index contributed by atoms with van der Waals surface area (Å²) in [5, 5.41) is 4.67. The zero-order valence-corrected chi connectivity index (χ0v) is 36.4. The summed E-state index contributed by atoms with van der Waals surface area (Å²) in [7, 11) is 0. The lowest BCUT2D eigenvalue weighted by Crippen LogP contribution is -2.30. The largest absolute Gasteiger partial charge is 0.456 e. The third kappa shape index (κ3) is 5.92. The molecule has 2 aliphatic carbocycles. The van der Waals surface area contributed by atoms with E-state index in [4.69, 9.17) is 19.4 Å². The van der Waals surface area contributed by atoms with E-state index in [9.17, 15) is 0 Å². The summed E-state index contributed by atoms with van der Waals surface area (Å²) in [5.41, 5.74) is 15.1. The smallest absolute Gasteiger partial charge is 0.166 e. The number of benzene rings is 8. The zero-order chi connectivity index (χ0) is 44.0. The molecule has 3 unspecified atom stereocenters. The fourth-order valence-corrected chi connectivity index (χ4v) is 11.1. The molecule has 14 rings (SSSR count). The van der Waals surface area contributed by atoms with Crippen molar-refractivity contribution in [1.82, 2.24) is 19.5 Å². The maximum absolute atomic E-state index is 6.99. The Kier molecular flexibility index (Phi) is 8.43. The summed E-state index contributed by atoms with van der Waals surface area (Å²) in [5.74, 6) is 1.83. The summed E-state index contributed by atoms with van der Waals surface area (Å²) in [4.78, 5) is 18.3. The van der Waals surface area contributed by atoms with Gasteiger partial charge in [-0.15, -0.1) is 0 Å². The predicted molar refractivity (Wildman–Crippen MR) is 273 cm³/mol. The van der Waals surface area contributed by atoms with Crippen LogP contribution in [-0.4, -0.2) is 25.6 Å². The van der Waals surface area contributed by atoms with Crippen molar-refractivity contribution in [2.24, 2.45) is 0 Å². The number of aromatic nitrogens is 4. The molecule has 0 N–H and O–H groups in total. The molecule has 0 saturated carbocycles. The lowest BCUT2D eigenvalue weighted by molar-refractivity contribution is 0.648. The van der Waals surface area contributed by atoms with Crippen LogP contribution in [0, 0.1) is 0 Å². The van der Waals surface area contributed by atoms with Crippen molar-refractivity contribution < 1.29 is 4.42 Å². The Bertz CT molecular complexity index is 3800. The van der Waals surface area contributed by atoms with E-state index in [-0.39, 0.29) is 18.0 Å². The molecule has 0 bridgehead atoms. The Labute approximate surface area is 387 Å². The van der Waals surface area contributed by atoms with Crippen LogP contribution in [0.2, 0.25) is 0 Å². The predicted octanol–water partition coefficient (Wildman–Crippen LogP) is 15.3. The first-order chi connectivity index (χ1) is 33.2. The molecule has 11 aromatic rings. The number of nitrogens with zero attached hydrogens (tertiary/aromatic N) is 5. The Morgan fingerprint density at radius 1 is 0.507 bits per heavy atom. The van der Waals surface area contributed by atoms with Crippen molar-refractivity contribution in [1.29, 1.82) is 0 Å². The van der Waals surface area contributed by atoms with Gasteiger partial charge in [-0.2, -0.15) is 0 Å². The van der Waals surface area contributed by atoms with E-state index in [1.165, 1.54) is 38.5 Å². The second-order valence-corrected chi connectivity index (χ2v) is 17.8. The molecule has 3 atom stereocenters. The number of anilines is 2. The van der Waals surface area contributed by atoms with E-state index in [1.54, 1.807) is 0 Å². The van der Waals surface area contributed by atoms with E-state index in [0.717, 1.165) is 67.6 Å². The molecule has 1 aliphatic heterocycles. The topological polar surface area (TPSA) is 60.0 Å². The number of allylic oxidation sites excluding steroid dienone is 4. The van der Waals surface area contributed by atoms with Crippen molar-refractivity contribution in [2.45, 2.75) is 24.4 Å².